The molecule has 0 saturated carbocycles. The van der Waals surface area contributed by atoms with Crippen molar-refractivity contribution >= 4 is 34.6 Å². The maximum atomic E-state index is 13.2. The van der Waals surface area contributed by atoms with Gasteiger partial charge in [0.2, 0.25) is 0 Å². The van der Waals surface area contributed by atoms with E-state index in [0.29, 0.717) is 11.5 Å². The summed E-state index contributed by atoms with van der Waals surface area (Å²) in [5, 5.41) is 0.729. The molecular formula is C28H28N2O2S. The van der Waals surface area contributed by atoms with Gasteiger partial charge in [-0.3, -0.25) is 9.69 Å². The third-order valence-corrected chi connectivity index (χ3v) is 6.54. The monoisotopic (exact) mass is 456 g/mol. The van der Waals surface area contributed by atoms with Gasteiger partial charge in [-0.1, -0.05) is 67.1 Å². The van der Waals surface area contributed by atoms with Crippen molar-refractivity contribution in [2.24, 2.45) is 4.99 Å². The zero-order valence-corrected chi connectivity index (χ0v) is 20.0. The first-order chi connectivity index (χ1) is 16.0. The average molecular weight is 457 g/mol. The molecule has 1 atom stereocenters. The molecule has 0 bridgehead atoms. The molecule has 1 amide bonds. The minimum atomic E-state index is 0.00427. The van der Waals surface area contributed by atoms with Crippen LogP contribution in [0.1, 0.15) is 37.0 Å². The first-order valence-corrected chi connectivity index (χ1v) is 12.0. The fourth-order valence-electron chi connectivity index (χ4n) is 3.42. The summed E-state index contributed by atoms with van der Waals surface area (Å²) in [4.78, 5) is 20.5. The van der Waals surface area contributed by atoms with E-state index in [1.54, 1.807) is 0 Å². The molecule has 0 aromatic heterocycles. The molecule has 1 heterocycles. The van der Waals surface area contributed by atoms with Gasteiger partial charge < -0.3 is 4.74 Å². The summed E-state index contributed by atoms with van der Waals surface area (Å²) < 4.78 is 5.87. The number of amides is 1. The van der Waals surface area contributed by atoms with Crippen LogP contribution in [0.5, 0.6) is 5.75 Å². The zero-order chi connectivity index (χ0) is 23.2. The molecule has 4 nitrogen and oxygen atoms in total. The van der Waals surface area contributed by atoms with Gasteiger partial charge in [0.05, 0.1) is 10.6 Å². The van der Waals surface area contributed by atoms with Crippen LogP contribution in [0.25, 0.3) is 6.08 Å². The van der Waals surface area contributed by atoms with Crippen LogP contribution in [0, 0.1) is 6.92 Å². The van der Waals surface area contributed by atoms with Gasteiger partial charge in [-0.2, -0.15) is 0 Å². The second-order valence-corrected chi connectivity index (χ2v) is 9.13. The van der Waals surface area contributed by atoms with Crippen LogP contribution in [0.3, 0.4) is 0 Å². The molecule has 3 aromatic rings. The number of hydrogen-bond acceptors (Lipinski definition) is 4. The number of amidine groups is 1. The van der Waals surface area contributed by atoms with Gasteiger partial charge in [-0.15, -0.1) is 0 Å². The molecule has 0 radical (unpaired) electrons. The number of nitrogens with zero attached hydrogens (tertiary/aromatic N) is 2. The first kappa shape index (κ1) is 22.9. The molecule has 0 spiro atoms. The lowest BCUT2D eigenvalue weighted by Crippen LogP contribution is -2.36. The lowest BCUT2D eigenvalue weighted by molar-refractivity contribution is -0.123. The fraction of sp³-hybridized carbons (Fsp3) is 0.214. The fourth-order valence-corrected chi connectivity index (χ4v) is 4.51. The van der Waals surface area contributed by atoms with Gasteiger partial charge in [-0.05, 0) is 73.5 Å². The highest BCUT2D eigenvalue weighted by molar-refractivity contribution is 8.18. The highest BCUT2D eigenvalue weighted by Crippen LogP contribution is 2.36. The molecule has 1 aliphatic rings. The number of thioether (sulfide) groups is 1. The molecule has 168 valence electrons. The number of carbonyl (C=O) groups is 1. The summed E-state index contributed by atoms with van der Waals surface area (Å²) >= 11 is 1.43. The first-order valence-electron chi connectivity index (χ1n) is 11.2. The summed E-state index contributed by atoms with van der Waals surface area (Å²) in [6, 6.07) is 26.0. The van der Waals surface area contributed by atoms with Crippen molar-refractivity contribution in [2.45, 2.75) is 39.8 Å². The highest BCUT2D eigenvalue weighted by Gasteiger charge is 2.36. The molecular weight excluding hydrogens is 428 g/mol. The van der Waals surface area contributed by atoms with Crippen LogP contribution in [-0.4, -0.2) is 22.0 Å². The molecule has 0 N–H and O–H groups in total. The molecule has 1 saturated heterocycles. The second-order valence-electron chi connectivity index (χ2n) is 8.12. The van der Waals surface area contributed by atoms with Crippen LogP contribution in [0.4, 0.5) is 5.69 Å². The van der Waals surface area contributed by atoms with Crippen molar-refractivity contribution in [2.75, 3.05) is 0 Å². The normalized spacial score (nSPS) is 17.1. The van der Waals surface area contributed by atoms with Crippen molar-refractivity contribution in [3.05, 3.63) is 100 Å². The van der Waals surface area contributed by atoms with E-state index in [1.165, 1.54) is 17.3 Å². The maximum Gasteiger partial charge on any atom is 0.266 e. The van der Waals surface area contributed by atoms with E-state index in [9.17, 15) is 4.79 Å². The zero-order valence-electron chi connectivity index (χ0n) is 19.2. The molecule has 4 rings (SSSR count). The van der Waals surface area contributed by atoms with Gasteiger partial charge in [0.25, 0.3) is 5.91 Å². The Balaban J connectivity index is 1.52. The van der Waals surface area contributed by atoms with Gasteiger partial charge in [-0.25, -0.2) is 4.99 Å². The van der Waals surface area contributed by atoms with Gasteiger partial charge in [0.1, 0.15) is 12.4 Å². The summed E-state index contributed by atoms with van der Waals surface area (Å²) in [5.41, 5.74) is 4.12. The van der Waals surface area contributed by atoms with Gasteiger partial charge >= 0.3 is 0 Å². The average Bonchev–Trinajstić information content (AvgIpc) is 3.14. The molecule has 1 fully saturated rings. The topological polar surface area (TPSA) is 41.9 Å². The Morgan fingerprint density at radius 3 is 2.36 bits per heavy atom. The summed E-state index contributed by atoms with van der Waals surface area (Å²) in [7, 11) is 0. The van der Waals surface area contributed by atoms with Crippen LogP contribution < -0.4 is 4.74 Å². The molecule has 3 aromatic carbocycles. The number of benzene rings is 3. The van der Waals surface area contributed by atoms with E-state index in [0.717, 1.165) is 34.2 Å². The molecule has 0 unspecified atom stereocenters. The number of hydrogen-bond donors (Lipinski definition) is 0. The lowest BCUT2D eigenvalue weighted by atomic mass is 10.2. The number of aliphatic imine (C=N–C) groups is 1. The van der Waals surface area contributed by atoms with E-state index >= 15 is 0 Å². The van der Waals surface area contributed by atoms with Gasteiger partial charge in [0.15, 0.2) is 5.17 Å². The van der Waals surface area contributed by atoms with Crippen molar-refractivity contribution in [1.82, 2.24) is 4.90 Å². The summed E-state index contributed by atoms with van der Waals surface area (Å²) in [6.45, 7) is 6.72. The largest absolute Gasteiger partial charge is 0.489 e. The van der Waals surface area contributed by atoms with E-state index in [2.05, 4.69) is 20.8 Å². The lowest BCUT2D eigenvalue weighted by Gasteiger charge is -2.22. The number of ether oxygens (including phenoxy) is 1. The predicted octanol–water partition coefficient (Wildman–Crippen LogP) is 6.98. The van der Waals surface area contributed by atoms with Crippen LogP contribution in [0.2, 0.25) is 0 Å². The number of carbonyl (C=O) groups excluding carboxylic acids is 1. The number of rotatable bonds is 7. The van der Waals surface area contributed by atoms with Crippen LogP contribution in [-0.2, 0) is 11.4 Å². The third kappa shape index (κ3) is 5.74. The van der Waals surface area contributed by atoms with Gasteiger partial charge in [0, 0.05) is 6.04 Å². The molecule has 33 heavy (non-hydrogen) atoms. The number of aryl methyl sites for hydroxylation is 1. The highest BCUT2D eigenvalue weighted by atomic mass is 32.2. The minimum absolute atomic E-state index is 0.00427. The van der Waals surface area contributed by atoms with Crippen molar-refractivity contribution < 1.29 is 9.53 Å². The Morgan fingerprint density at radius 1 is 1.00 bits per heavy atom. The standard InChI is InChI=1S/C28H28N2O2S/c1-4-21(3)30-27(31)26(33-28(30)29-24-14-10-20(2)11-15-24)18-22-12-16-25(17-13-22)32-19-23-8-6-5-7-9-23/h5-18,21H,4,19H2,1-3H3/b26-18+,29-28?/t21-/m1/s1. The Bertz CT molecular complexity index is 1150. The summed E-state index contributed by atoms with van der Waals surface area (Å²) in [5.74, 6) is 0.805. The Morgan fingerprint density at radius 2 is 1.70 bits per heavy atom. The Labute approximate surface area is 200 Å². The van der Waals surface area contributed by atoms with Crippen molar-refractivity contribution in [1.29, 1.82) is 0 Å². The van der Waals surface area contributed by atoms with E-state index in [4.69, 9.17) is 9.73 Å². The van der Waals surface area contributed by atoms with Crippen molar-refractivity contribution in [3.8, 4) is 5.75 Å². The third-order valence-electron chi connectivity index (χ3n) is 5.55. The molecule has 0 aliphatic carbocycles. The molecule has 1 aliphatic heterocycles. The maximum absolute atomic E-state index is 13.2. The Kier molecular flexibility index (Phi) is 7.30. The minimum Gasteiger partial charge on any atom is -0.489 e. The Hall–Kier alpha value is -3.31. The quantitative estimate of drug-likeness (QED) is 0.360. The summed E-state index contributed by atoms with van der Waals surface area (Å²) in [6.07, 6.45) is 2.79. The van der Waals surface area contributed by atoms with Crippen LogP contribution >= 0.6 is 11.8 Å². The van der Waals surface area contributed by atoms with E-state index in [1.807, 2.05) is 89.8 Å². The smallest absolute Gasteiger partial charge is 0.266 e. The second kappa shape index (κ2) is 10.5. The predicted molar refractivity (Wildman–Crippen MR) is 138 cm³/mol. The molecule has 5 heteroatoms. The van der Waals surface area contributed by atoms with E-state index in [-0.39, 0.29) is 11.9 Å². The van der Waals surface area contributed by atoms with Crippen molar-refractivity contribution in [3.63, 3.8) is 0 Å². The van der Waals surface area contributed by atoms with Crippen LogP contribution in [0.15, 0.2) is 88.8 Å². The van der Waals surface area contributed by atoms with E-state index < -0.39 is 0 Å². The SMILES string of the molecule is CC[C@@H](C)N1C(=O)/C(=C\c2ccc(OCc3ccccc3)cc2)SC1=Nc1ccc(C)cc1.